The molecule has 0 fully saturated rings. The van der Waals surface area contributed by atoms with Crippen molar-refractivity contribution >= 4 is 11.3 Å². The molecule has 13 heavy (non-hydrogen) atoms. The van der Waals surface area contributed by atoms with Gasteiger partial charge in [0.25, 0.3) is 0 Å². The van der Waals surface area contributed by atoms with Crippen molar-refractivity contribution in [3.63, 3.8) is 0 Å². The Bertz CT molecular complexity index is 262. The fraction of sp³-hybridized carbons (Fsp3) is 0.625. The van der Waals surface area contributed by atoms with Crippen LogP contribution in [0.3, 0.4) is 0 Å². The summed E-state index contributed by atoms with van der Waals surface area (Å²) in [6, 6.07) is 0. The zero-order valence-corrected chi connectivity index (χ0v) is 8.58. The van der Waals surface area contributed by atoms with E-state index < -0.39 is 6.10 Å². The van der Waals surface area contributed by atoms with Gasteiger partial charge in [-0.15, -0.1) is 11.3 Å². The van der Waals surface area contributed by atoms with Gasteiger partial charge in [0.1, 0.15) is 11.1 Å². The fourth-order valence-electron chi connectivity index (χ4n) is 0.940. The maximum atomic E-state index is 9.26. The molecule has 0 aliphatic carbocycles. The molecule has 1 heterocycles. The van der Waals surface area contributed by atoms with Crippen LogP contribution in [0.1, 0.15) is 16.0 Å². The zero-order chi connectivity index (χ0) is 9.84. The van der Waals surface area contributed by atoms with Crippen LogP contribution in [0.5, 0.6) is 0 Å². The number of rotatable bonds is 4. The van der Waals surface area contributed by atoms with Crippen LogP contribution in [0.15, 0.2) is 6.20 Å². The van der Waals surface area contributed by atoms with Crippen molar-refractivity contribution in [1.29, 1.82) is 0 Å². The molecule has 0 aromatic carbocycles. The molecule has 5 heteroatoms. The van der Waals surface area contributed by atoms with E-state index in [-0.39, 0.29) is 6.61 Å². The highest BCUT2D eigenvalue weighted by Crippen LogP contribution is 2.20. The molecule has 0 aliphatic rings. The van der Waals surface area contributed by atoms with Crippen LogP contribution >= 0.6 is 11.3 Å². The molecule has 4 nitrogen and oxygen atoms in total. The summed E-state index contributed by atoms with van der Waals surface area (Å²) >= 11 is 1.43. The van der Waals surface area contributed by atoms with Gasteiger partial charge in [0.15, 0.2) is 0 Å². The first-order chi connectivity index (χ1) is 6.13. The third kappa shape index (κ3) is 3.04. The fourth-order valence-corrected chi connectivity index (χ4v) is 1.95. The number of aliphatic hydroxyl groups is 2. The minimum Gasteiger partial charge on any atom is -0.393 e. The molecule has 0 saturated carbocycles. The van der Waals surface area contributed by atoms with Crippen LogP contribution in [0.25, 0.3) is 0 Å². The van der Waals surface area contributed by atoms with Crippen molar-refractivity contribution in [2.24, 2.45) is 0 Å². The first-order valence-corrected chi connectivity index (χ1v) is 4.83. The Morgan fingerprint density at radius 3 is 2.85 bits per heavy atom. The Morgan fingerprint density at radius 1 is 1.62 bits per heavy atom. The normalized spacial score (nSPS) is 13.6. The van der Waals surface area contributed by atoms with Gasteiger partial charge >= 0.3 is 0 Å². The van der Waals surface area contributed by atoms with E-state index in [1.54, 1.807) is 6.20 Å². The lowest BCUT2D eigenvalue weighted by Gasteiger charge is -2.05. The van der Waals surface area contributed by atoms with Crippen LogP contribution in [-0.2, 0) is 6.54 Å². The third-order valence-corrected chi connectivity index (χ3v) is 2.58. The lowest BCUT2D eigenvalue weighted by Crippen LogP contribution is -2.09. The lowest BCUT2D eigenvalue weighted by molar-refractivity contribution is 0.0954. The number of aliphatic hydroxyl groups excluding tert-OH is 2. The van der Waals surface area contributed by atoms with Gasteiger partial charge in [0.05, 0.1) is 6.61 Å². The highest BCUT2D eigenvalue weighted by Gasteiger charge is 2.10. The summed E-state index contributed by atoms with van der Waals surface area (Å²) in [6.45, 7) is 0.546. The minimum absolute atomic E-state index is 0.269. The second-order valence-electron chi connectivity index (χ2n) is 3.10. The first-order valence-electron chi connectivity index (χ1n) is 4.01. The Morgan fingerprint density at radius 2 is 2.31 bits per heavy atom. The smallest absolute Gasteiger partial charge is 0.128 e. The predicted molar refractivity (Wildman–Crippen MR) is 51.6 cm³/mol. The summed E-state index contributed by atoms with van der Waals surface area (Å²) < 4.78 is 0. The van der Waals surface area contributed by atoms with E-state index in [0.717, 1.165) is 11.4 Å². The summed E-state index contributed by atoms with van der Waals surface area (Å²) in [7, 11) is 3.95. The van der Waals surface area contributed by atoms with Crippen molar-refractivity contribution in [2.75, 3.05) is 20.7 Å². The van der Waals surface area contributed by atoms with Gasteiger partial charge in [-0.2, -0.15) is 0 Å². The summed E-state index contributed by atoms with van der Waals surface area (Å²) in [5.41, 5.74) is 0. The largest absolute Gasteiger partial charge is 0.393 e. The third-order valence-electron chi connectivity index (χ3n) is 1.50. The van der Waals surface area contributed by atoms with E-state index in [2.05, 4.69) is 4.98 Å². The molecule has 0 amide bonds. The molecule has 1 atom stereocenters. The van der Waals surface area contributed by atoms with Gasteiger partial charge in [0, 0.05) is 17.6 Å². The second-order valence-corrected chi connectivity index (χ2v) is 4.25. The zero-order valence-electron chi connectivity index (χ0n) is 7.77. The maximum Gasteiger partial charge on any atom is 0.128 e. The Labute approximate surface area is 81.5 Å². The Kier molecular flexibility index (Phi) is 3.80. The van der Waals surface area contributed by atoms with Crippen molar-refractivity contribution in [2.45, 2.75) is 12.6 Å². The summed E-state index contributed by atoms with van der Waals surface area (Å²) in [6.07, 6.45) is 0.903. The van der Waals surface area contributed by atoms with Gasteiger partial charge < -0.3 is 15.1 Å². The average Bonchev–Trinajstić information content (AvgIpc) is 2.50. The van der Waals surface area contributed by atoms with Crippen LogP contribution in [0, 0.1) is 0 Å². The number of aromatic nitrogens is 1. The summed E-state index contributed by atoms with van der Waals surface area (Å²) in [4.78, 5) is 7.14. The molecular formula is C8H14N2O2S. The molecule has 0 spiro atoms. The van der Waals surface area contributed by atoms with Crippen molar-refractivity contribution in [1.82, 2.24) is 9.88 Å². The van der Waals surface area contributed by atoms with Crippen LogP contribution in [0.4, 0.5) is 0 Å². The molecule has 1 aromatic heterocycles. The van der Waals surface area contributed by atoms with E-state index in [1.165, 1.54) is 11.3 Å². The lowest BCUT2D eigenvalue weighted by atomic mass is 10.4. The van der Waals surface area contributed by atoms with Crippen LogP contribution in [-0.4, -0.2) is 40.8 Å². The van der Waals surface area contributed by atoms with Gasteiger partial charge in [-0.3, -0.25) is 0 Å². The highest BCUT2D eigenvalue weighted by atomic mass is 32.1. The van der Waals surface area contributed by atoms with Crippen molar-refractivity contribution in [3.05, 3.63) is 16.1 Å². The molecule has 2 N–H and O–H groups in total. The molecule has 0 radical (unpaired) electrons. The average molecular weight is 202 g/mol. The van der Waals surface area contributed by atoms with Gasteiger partial charge in [-0.25, -0.2) is 4.98 Å². The molecule has 1 unspecified atom stereocenters. The van der Waals surface area contributed by atoms with E-state index in [0.29, 0.717) is 5.01 Å². The predicted octanol–water partition coefficient (Wildman–Crippen LogP) is 0.230. The van der Waals surface area contributed by atoms with Crippen LogP contribution in [0.2, 0.25) is 0 Å². The van der Waals surface area contributed by atoms with Gasteiger partial charge in [-0.05, 0) is 14.1 Å². The highest BCUT2D eigenvalue weighted by molar-refractivity contribution is 7.11. The number of hydrogen-bond acceptors (Lipinski definition) is 5. The SMILES string of the molecule is CN(C)Cc1cnc(C(O)CO)s1. The van der Waals surface area contributed by atoms with E-state index in [4.69, 9.17) is 5.11 Å². The number of thiazole rings is 1. The van der Waals surface area contributed by atoms with E-state index >= 15 is 0 Å². The molecule has 1 rings (SSSR count). The summed E-state index contributed by atoms with van der Waals surface area (Å²) in [5.74, 6) is 0. The first kappa shape index (κ1) is 10.6. The molecule has 0 saturated heterocycles. The number of hydrogen-bond donors (Lipinski definition) is 2. The minimum atomic E-state index is -0.832. The topological polar surface area (TPSA) is 56.6 Å². The van der Waals surface area contributed by atoms with Crippen molar-refractivity contribution < 1.29 is 10.2 Å². The van der Waals surface area contributed by atoms with Crippen molar-refractivity contribution in [3.8, 4) is 0 Å². The quantitative estimate of drug-likeness (QED) is 0.734. The maximum absolute atomic E-state index is 9.26. The Hall–Kier alpha value is -0.490. The van der Waals surface area contributed by atoms with Gasteiger partial charge in [0.2, 0.25) is 0 Å². The van der Waals surface area contributed by atoms with E-state index in [1.807, 2.05) is 19.0 Å². The monoisotopic (exact) mass is 202 g/mol. The standard InChI is InChI=1S/C8H14N2O2S/c1-10(2)4-6-3-9-8(13-6)7(12)5-11/h3,7,11-12H,4-5H2,1-2H3. The Balaban J connectivity index is 2.63. The van der Waals surface area contributed by atoms with Gasteiger partial charge in [-0.1, -0.05) is 0 Å². The molecule has 74 valence electrons. The van der Waals surface area contributed by atoms with E-state index in [9.17, 15) is 5.11 Å². The molecular weight excluding hydrogens is 188 g/mol. The second kappa shape index (κ2) is 4.66. The number of nitrogens with zero attached hydrogens (tertiary/aromatic N) is 2. The molecule has 0 bridgehead atoms. The summed E-state index contributed by atoms with van der Waals surface area (Å²) in [5, 5.41) is 18.5. The molecule has 1 aromatic rings. The van der Waals surface area contributed by atoms with Crippen LogP contribution < -0.4 is 0 Å². The molecule has 0 aliphatic heterocycles.